The van der Waals surface area contributed by atoms with E-state index in [4.69, 9.17) is 0 Å². The third-order valence-electron chi connectivity index (χ3n) is 2.90. The third-order valence-corrected chi connectivity index (χ3v) is 6.09. The number of thioether (sulfide) groups is 1. The van der Waals surface area contributed by atoms with Gasteiger partial charge in [-0.2, -0.15) is 24.4 Å². The van der Waals surface area contributed by atoms with E-state index >= 15 is 0 Å². The predicted octanol–water partition coefficient (Wildman–Crippen LogP) is 3.28. The van der Waals surface area contributed by atoms with Crippen LogP contribution in [0.15, 0.2) is 0 Å². The zero-order valence-corrected chi connectivity index (χ0v) is 13.8. The Morgan fingerprint density at radius 1 is 1.18 bits per heavy atom. The van der Waals surface area contributed by atoms with Crippen molar-refractivity contribution in [3.63, 3.8) is 0 Å². The Hall–Kier alpha value is 0.650. The molecule has 0 saturated carbocycles. The summed E-state index contributed by atoms with van der Waals surface area (Å²) in [4.78, 5) is 0. The van der Waals surface area contributed by atoms with Crippen LogP contribution in [-0.4, -0.2) is 37.7 Å². The molecule has 2 nitrogen and oxygen atoms in total. The Kier molecular flexibility index (Phi) is 9.03. The van der Waals surface area contributed by atoms with E-state index in [1.54, 1.807) is 11.8 Å². The van der Waals surface area contributed by atoms with Gasteiger partial charge in [-0.25, -0.2) is 8.42 Å². The predicted molar refractivity (Wildman–Crippen MR) is 83.1 cm³/mol. The fourth-order valence-corrected chi connectivity index (χ4v) is 5.26. The van der Waals surface area contributed by atoms with Crippen LogP contribution in [0.5, 0.6) is 0 Å². The van der Waals surface area contributed by atoms with Gasteiger partial charge < -0.3 is 0 Å². The van der Waals surface area contributed by atoms with E-state index in [9.17, 15) is 8.42 Å². The maximum atomic E-state index is 11.0. The molecular formula is C12H26O2S3. The van der Waals surface area contributed by atoms with E-state index in [0.717, 1.165) is 11.5 Å². The molecule has 0 aliphatic heterocycles. The average Bonchev–Trinajstić information content (AvgIpc) is 2.23. The minimum Gasteiger partial charge on any atom is -0.229 e. The van der Waals surface area contributed by atoms with E-state index in [-0.39, 0.29) is 0 Å². The van der Waals surface area contributed by atoms with Crippen LogP contribution in [0.1, 0.15) is 39.5 Å². The molecule has 104 valence electrons. The van der Waals surface area contributed by atoms with Gasteiger partial charge in [-0.15, -0.1) is 0 Å². The molecule has 0 aromatic heterocycles. The second-order valence-electron chi connectivity index (χ2n) is 4.84. The Bertz CT molecular complexity index is 280. The first-order valence-corrected chi connectivity index (χ1v) is 10.1. The van der Waals surface area contributed by atoms with E-state index in [1.165, 1.54) is 31.9 Å². The van der Waals surface area contributed by atoms with E-state index in [2.05, 4.69) is 26.5 Å². The maximum absolute atomic E-state index is 11.0. The van der Waals surface area contributed by atoms with Crippen molar-refractivity contribution in [2.24, 2.45) is 5.41 Å². The molecule has 0 aromatic rings. The van der Waals surface area contributed by atoms with Gasteiger partial charge >= 0.3 is 0 Å². The smallest absolute Gasteiger partial charge is 0.148 e. The van der Waals surface area contributed by atoms with Crippen LogP contribution < -0.4 is 0 Å². The first-order chi connectivity index (χ1) is 7.89. The zero-order valence-electron chi connectivity index (χ0n) is 11.2. The molecular weight excluding hydrogens is 272 g/mol. The lowest BCUT2D eigenvalue weighted by Gasteiger charge is -2.31. The maximum Gasteiger partial charge on any atom is 0.148 e. The normalized spacial score (nSPS) is 12.9. The van der Waals surface area contributed by atoms with Crippen LogP contribution in [0.4, 0.5) is 0 Å². The molecule has 0 aromatic carbocycles. The molecule has 17 heavy (non-hydrogen) atoms. The third kappa shape index (κ3) is 8.38. The van der Waals surface area contributed by atoms with Crippen molar-refractivity contribution in [2.45, 2.75) is 39.5 Å². The fraction of sp³-hybridized carbons (Fsp3) is 1.00. The van der Waals surface area contributed by atoms with Gasteiger partial charge in [0.15, 0.2) is 0 Å². The summed E-state index contributed by atoms with van der Waals surface area (Å²) in [6.07, 6.45) is 6.03. The van der Waals surface area contributed by atoms with Crippen LogP contribution in [0.3, 0.4) is 0 Å². The summed E-state index contributed by atoms with van der Waals surface area (Å²) >= 11 is 6.26. The summed E-state index contributed by atoms with van der Waals surface area (Å²) in [5.74, 6) is 2.94. The van der Waals surface area contributed by atoms with E-state index < -0.39 is 9.84 Å². The van der Waals surface area contributed by atoms with Gasteiger partial charge in [-0.3, -0.25) is 0 Å². The SMILES string of the molecule is CCCC(CS)(CCC)CSCCS(C)(=O)=O. The molecule has 0 atom stereocenters. The molecule has 0 rings (SSSR count). The Morgan fingerprint density at radius 3 is 2.06 bits per heavy atom. The Balaban J connectivity index is 4.15. The summed E-state index contributed by atoms with van der Waals surface area (Å²) < 4.78 is 22.1. The van der Waals surface area contributed by atoms with Gasteiger partial charge in [0.25, 0.3) is 0 Å². The van der Waals surface area contributed by atoms with Gasteiger partial charge in [0, 0.05) is 12.0 Å². The zero-order chi connectivity index (χ0) is 13.4. The van der Waals surface area contributed by atoms with Gasteiger partial charge in [-0.05, 0) is 29.8 Å². The highest BCUT2D eigenvalue weighted by atomic mass is 32.2. The van der Waals surface area contributed by atoms with Crippen molar-refractivity contribution in [3.05, 3.63) is 0 Å². The number of hydrogen-bond donors (Lipinski definition) is 1. The van der Waals surface area contributed by atoms with Crippen molar-refractivity contribution in [2.75, 3.05) is 29.3 Å². The van der Waals surface area contributed by atoms with Crippen molar-refractivity contribution >= 4 is 34.2 Å². The number of rotatable bonds is 10. The number of hydrogen-bond acceptors (Lipinski definition) is 4. The molecule has 0 aliphatic carbocycles. The minimum absolute atomic E-state index is 0.290. The molecule has 0 fully saturated rings. The first-order valence-electron chi connectivity index (χ1n) is 6.25. The van der Waals surface area contributed by atoms with Crippen LogP contribution in [-0.2, 0) is 9.84 Å². The summed E-state index contributed by atoms with van der Waals surface area (Å²) in [5.41, 5.74) is 0.300. The minimum atomic E-state index is -2.81. The quantitative estimate of drug-likeness (QED) is 0.496. The fourth-order valence-electron chi connectivity index (χ4n) is 2.03. The van der Waals surface area contributed by atoms with Crippen molar-refractivity contribution in [1.82, 2.24) is 0 Å². The van der Waals surface area contributed by atoms with Gasteiger partial charge in [0.2, 0.25) is 0 Å². The van der Waals surface area contributed by atoms with Crippen LogP contribution in [0.2, 0.25) is 0 Å². The average molecular weight is 299 g/mol. The highest BCUT2D eigenvalue weighted by molar-refractivity contribution is 8.00. The van der Waals surface area contributed by atoms with E-state index in [0.29, 0.717) is 16.9 Å². The van der Waals surface area contributed by atoms with Gasteiger partial charge in [0.1, 0.15) is 9.84 Å². The first kappa shape index (κ1) is 17.6. The summed E-state index contributed by atoms with van der Waals surface area (Å²) in [7, 11) is -2.81. The molecule has 0 heterocycles. The lowest BCUT2D eigenvalue weighted by atomic mass is 9.83. The molecule has 0 radical (unpaired) electrons. The highest BCUT2D eigenvalue weighted by Gasteiger charge is 2.26. The van der Waals surface area contributed by atoms with Gasteiger partial charge in [-0.1, -0.05) is 26.7 Å². The lowest BCUT2D eigenvalue weighted by molar-refractivity contribution is 0.318. The van der Waals surface area contributed by atoms with Crippen LogP contribution in [0, 0.1) is 5.41 Å². The molecule has 0 aliphatic rings. The number of sulfone groups is 1. The van der Waals surface area contributed by atoms with Gasteiger partial charge in [0.05, 0.1) is 5.75 Å². The largest absolute Gasteiger partial charge is 0.229 e. The molecule has 0 bridgehead atoms. The monoisotopic (exact) mass is 298 g/mol. The van der Waals surface area contributed by atoms with Crippen molar-refractivity contribution in [1.29, 1.82) is 0 Å². The molecule has 0 amide bonds. The Morgan fingerprint density at radius 2 is 1.71 bits per heavy atom. The summed E-state index contributed by atoms with van der Waals surface area (Å²) in [6.45, 7) is 4.41. The number of thiol groups is 1. The standard InChI is InChI=1S/C12H26O2S3/c1-4-6-12(10-15,7-5-2)11-16-8-9-17(3,13)14/h15H,4-11H2,1-3H3. The molecule has 0 saturated heterocycles. The van der Waals surface area contributed by atoms with Crippen LogP contribution in [0.25, 0.3) is 0 Å². The molecule has 0 spiro atoms. The second-order valence-corrected chi connectivity index (χ2v) is 8.52. The van der Waals surface area contributed by atoms with Crippen LogP contribution >= 0.6 is 24.4 Å². The summed E-state index contributed by atoms with van der Waals surface area (Å²) in [6, 6.07) is 0. The lowest BCUT2D eigenvalue weighted by Crippen LogP contribution is -2.26. The summed E-state index contributed by atoms with van der Waals surface area (Å²) in [5, 5.41) is 0. The second kappa shape index (κ2) is 8.70. The highest BCUT2D eigenvalue weighted by Crippen LogP contribution is 2.34. The van der Waals surface area contributed by atoms with Crippen molar-refractivity contribution in [3.8, 4) is 0 Å². The molecule has 5 heteroatoms. The molecule has 0 unspecified atom stereocenters. The molecule has 0 N–H and O–H groups in total. The topological polar surface area (TPSA) is 34.1 Å². The Labute approximate surface area is 117 Å². The van der Waals surface area contributed by atoms with Crippen molar-refractivity contribution < 1.29 is 8.42 Å². The van der Waals surface area contributed by atoms with E-state index in [1.807, 2.05) is 0 Å².